The molecule has 4 N–H and O–H groups in total. The molecule has 3 aromatic rings. The van der Waals surface area contributed by atoms with Crippen molar-refractivity contribution in [1.82, 2.24) is 4.98 Å². The number of benzene rings is 2. The Hall–Kier alpha value is -3.52. The number of pyridine rings is 1. The summed E-state index contributed by atoms with van der Waals surface area (Å²) in [4.78, 5) is 17.0. The topological polar surface area (TPSA) is 172 Å². The van der Waals surface area contributed by atoms with Crippen molar-refractivity contribution >= 4 is 49.2 Å². The van der Waals surface area contributed by atoms with Gasteiger partial charge >= 0.3 is 5.97 Å². The highest BCUT2D eigenvalue weighted by Gasteiger charge is 2.21. The van der Waals surface area contributed by atoms with Crippen LogP contribution in [0, 0.1) is 13.8 Å². The molecule has 0 saturated carbocycles. The van der Waals surface area contributed by atoms with E-state index in [0.29, 0.717) is 29.7 Å². The van der Waals surface area contributed by atoms with E-state index in [1.807, 2.05) is 74.5 Å². The first kappa shape index (κ1) is 30.5. The molecule has 0 aliphatic rings. The summed E-state index contributed by atoms with van der Waals surface area (Å²) in [5, 5.41) is 6.55. The lowest BCUT2D eigenvalue weighted by Crippen LogP contribution is -2.13. The molecule has 196 valence electrons. The molecule has 0 aliphatic carbocycles. The Morgan fingerprint density at radius 1 is 0.750 bits per heavy atom. The molecule has 0 radical (unpaired) electrons. The maximum absolute atomic E-state index is 12.3. The van der Waals surface area contributed by atoms with Crippen LogP contribution in [0.25, 0.3) is 0 Å². The maximum Gasteiger partial charge on any atom is 0.341 e. The normalized spacial score (nSPS) is 10.6. The van der Waals surface area contributed by atoms with E-state index in [1.54, 1.807) is 0 Å². The van der Waals surface area contributed by atoms with E-state index in [2.05, 4.69) is 15.6 Å². The van der Waals surface area contributed by atoms with E-state index in [0.717, 1.165) is 22.5 Å². The second-order valence-electron chi connectivity index (χ2n) is 7.37. The number of carbonyl (C=O) groups is 1. The molecule has 0 saturated heterocycles. The summed E-state index contributed by atoms with van der Waals surface area (Å²) in [5.74, 6) is 0.743. The molecule has 36 heavy (non-hydrogen) atoms. The lowest BCUT2D eigenvalue weighted by Gasteiger charge is -2.18. The molecule has 11 nitrogen and oxygen atoms in total. The molecule has 0 amide bonds. The van der Waals surface area contributed by atoms with Crippen LogP contribution in [0.4, 0.5) is 23.0 Å². The van der Waals surface area contributed by atoms with Crippen LogP contribution >= 0.6 is 0 Å². The molecule has 13 heteroatoms. The van der Waals surface area contributed by atoms with Gasteiger partial charge in [-0.3, -0.25) is 9.11 Å². The van der Waals surface area contributed by atoms with Gasteiger partial charge < -0.3 is 15.4 Å². The summed E-state index contributed by atoms with van der Waals surface area (Å²) in [6.45, 7) is 3.84. The Labute approximate surface area is 211 Å². The zero-order valence-electron chi connectivity index (χ0n) is 20.4. The van der Waals surface area contributed by atoms with Crippen molar-refractivity contribution in [2.75, 3.05) is 30.3 Å². The number of methoxy groups -OCH3 is 1. The number of hydrogen-bond acceptors (Lipinski definition) is 9. The maximum atomic E-state index is 12.3. The average molecular weight is 540 g/mol. The van der Waals surface area contributed by atoms with Gasteiger partial charge in [0, 0.05) is 11.4 Å². The van der Waals surface area contributed by atoms with Crippen LogP contribution in [-0.4, -0.2) is 56.5 Å². The highest BCUT2D eigenvalue weighted by Crippen LogP contribution is 2.30. The van der Waals surface area contributed by atoms with Crippen molar-refractivity contribution in [2.45, 2.75) is 13.8 Å². The first-order valence-electron chi connectivity index (χ1n) is 10.2. The second kappa shape index (κ2) is 13.5. The van der Waals surface area contributed by atoms with Gasteiger partial charge in [-0.15, -0.1) is 0 Å². The van der Waals surface area contributed by atoms with E-state index in [4.69, 9.17) is 13.8 Å². The summed E-state index contributed by atoms with van der Waals surface area (Å²) >= 11 is 0. The molecule has 0 fully saturated rings. The number of hydrogen-bond donors (Lipinski definition) is 4. The van der Waals surface area contributed by atoms with Gasteiger partial charge in [-0.1, -0.05) is 36.4 Å². The zero-order chi connectivity index (χ0) is 27.5. The number of para-hydroxylation sites is 2. The van der Waals surface area contributed by atoms with Crippen LogP contribution in [0.5, 0.6) is 0 Å². The largest absolute Gasteiger partial charge is 0.465 e. The molecular weight excluding hydrogens is 510 g/mol. The van der Waals surface area contributed by atoms with Crippen molar-refractivity contribution in [3.8, 4) is 0 Å². The van der Waals surface area contributed by atoms with E-state index in [9.17, 15) is 21.6 Å². The summed E-state index contributed by atoms with van der Waals surface area (Å²) in [7, 11) is -5.96. The summed E-state index contributed by atoms with van der Waals surface area (Å²) in [6.07, 6.45) is 1.43. The van der Waals surface area contributed by atoms with Gasteiger partial charge in [0.05, 0.1) is 19.6 Å². The van der Waals surface area contributed by atoms with Crippen molar-refractivity contribution in [3.63, 3.8) is 0 Å². The van der Waals surface area contributed by atoms with E-state index in [-0.39, 0.29) is 0 Å². The average Bonchev–Trinajstić information content (AvgIpc) is 2.76. The number of nitrogens with one attached hydrogen (secondary N) is 2. The minimum absolute atomic E-state index is 0.414. The first-order valence-corrected chi connectivity index (χ1v) is 13.9. The van der Waals surface area contributed by atoms with E-state index >= 15 is 0 Å². The molecule has 0 aliphatic heterocycles. The molecule has 0 atom stereocenters. The number of carbonyl (C=O) groups excluding carboxylic acids is 1. The highest BCUT2D eigenvalue weighted by molar-refractivity contribution is 7.85. The molecular formula is C23H29N3O8S2. The lowest BCUT2D eigenvalue weighted by molar-refractivity contribution is 0.0600. The fourth-order valence-electron chi connectivity index (χ4n) is 2.67. The Morgan fingerprint density at radius 3 is 1.47 bits per heavy atom. The monoisotopic (exact) mass is 539 g/mol. The summed E-state index contributed by atoms with van der Waals surface area (Å²) < 4.78 is 56.7. The lowest BCUT2D eigenvalue weighted by atomic mass is 10.0. The molecule has 0 spiro atoms. The fourth-order valence-corrected chi connectivity index (χ4v) is 2.67. The standard InChI is InChI=1S/C21H21N3O2.2CH4O3S/c1-14-15(2)19(22-16-10-6-4-7-11-16)24-20(18(14)21(25)26-3)23-17-12-8-5-9-13-17;2*1-5(2,3)4/h4-13H,1-3H3,(H2,22,23,24);2*1H3,(H,2,3,4). The minimum atomic E-state index is -3.67. The minimum Gasteiger partial charge on any atom is -0.465 e. The smallest absolute Gasteiger partial charge is 0.341 e. The van der Waals surface area contributed by atoms with E-state index in [1.165, 1.54) is 7.11 Å². The Balaban J connectivity index is 0.000000550. The SMILES string of the molecule is COC(=O)c1c(Nc2ccccc2)nc(Nc2ccccc2)c(C)c1C.CS(=O)(=O)O.CS(=O)(=O)O. The zero-order valence-corrected chi connectivity index (χ0v) is 22.0. The van der Waals surface area contributed by atoms with Crippen molar-refractivity contribution < 1.29 is 35.5 Å². The number of esters is 1. The number of anilines is 4. The van der Waals surface area contributed by atoms with Gasteiger partial charge in [-0.05, 0) is 49.2 Å². The van der Waals surface area contributed by atoms with Crippen molar-refractivity contribution in [3.05, 3.63) is 77.4 Å². The Kier molecular flexibility index (Phi) is 11.5. The van der Waals surface area contributed by atoms with Crippen LogP contribution in [0.3, 0.4) is 0 Å². The number of aromatic nitrogens is 1. The van der Waals surface area contributed by atoms with Crippen LogP contribution in [0.1, 0.15) is 21.5 Å². The van der Waals surface area contributed by atoms with Gasteiger partial charge in [0.1, 0.15) is 17.2 Å². The Bertz CT molecular complexity index is 1320. The van der Waals surface area contributed by atoms with Gasteiger partial charge in [0.2, 0.25) is 0 Å². The van der Waals surface area contributed by atoms with Crippen LogP contribution in [0.2, 0.25) is 0 Å². The predicted octanol–water partition coefficient (Wildman–Crippen LogP) is 3.98. The van der Waals surface area contributed by atoms with Crippen LogP contribution in [0.15, 0.2) is 60.7 Å². The third-order valence-electron chi connectivity index (χ3n) is 4.22. The van der Waals surface area contributed by atoms with Gasteiger partial charge in [0.15, 0.2) is 0 Å². The second-order valence-corrected chi connectivity index (χ2v) is 10.3. The van der Waals surface area contributed by atoms with Gasteiger partial charge in [0.25, 0.3) is 20.2 Å². The third-order valence-corrected chi connectivity index (χ3v) is 4.22. The quantitative estimate of drug-likeness (QED) is 0.273. The first-order chi connectivity index (χ1) is 16.6. The van der Waals surface area contributed by atoms with E-state index < -0.39 is 26.2 Å². The molecule has 1 heterocycles. The van der Waals surface area contributed by atoms with Gasteiger partial charge in [-0.25, -0.2) is 9.78 Å². The van der Waals surface area contributed by atoms with Gasteiger partial charge in [-0.2, -0.15) is 16.8 Å². The molecule has 3 rings (SSSR count). The fraction of sp³-hybridized carbons (Fsp3) is 0.217. The molecule has 0 bridgehead atoms. The van der Waals surface area contributed by atoms with Crippen molar-refractivity contribution in [1.29, 1.82) is 0 Å². The third kappa shape index (κ3) is 12.3. The number of ether oxygens (including phenoxy) is 1. The summed E-state index contributed by atoms with van der Waals surface area (Å²) in [5.41, 5.74) is 3.93. The molecule has 0 unspecified atom stereocenters. The number of nitrogens with zero attached hydrogens (tertiary/aromatic N) is 1. The molecule has 2 aromatic carbocycles. The summed E-state index contributed by atoms with van der Waals surface area (Å²) in [6, 6.07) is 19.4. The van der Waals surface area contributed by atoms with Crippen molar-refractivity contribution in [2.24, 2.45) is 0 Å². The Morgan fingerprint density at radius 2 is 1.11 bits per heavy atom. The molecule has 1 aromatic heterocycles. The van der Waals surface area contributed by atoms with Crippen LogP contribution < -0.4 is 10.6 Å². The predicted molar refractivity (Wildman–Crippen MR) is 139 cm³/mol. The van der Waals surface area contributed by atoms with Crippen LogP contribution in [-0.2, 0) is 25.0 Å². The highest BCUT2D eigenvalue weighted by atomic mass is 32.2. The number of rotatable bonds is 5.